The Bertz CT molecular complexity index is 751. The maximum Gasteiger partial charge on any atom is 0.252 e. The van der Waals surface area contributed by atoms with Crippen molar-refractivity contribution in [2.45, 2.75) is 49.8 Å². The van der Waals surface area contributed by atoms with Gasteiger partial charge in [0.05, 0.1) is 4.90 Å². The molecule has 2 rings (SSSR count). The molecular weight excluding hydrogens is 356 g/mol. The number of carbonyl (C=O) groups is 1. The van der Waals surface area contributed by atoms with E-state index in [4.69, 9.17) is 11.6 Å². The molecule has 0 N–H and O–H groups in total. The third-order valence-electron chi connectivity index (χ3n) is 4.55. The third kappa shape index (κ3) is 4.11. The molecule has 7 heteroatoms. The van der Waals surface area contributed by atoms with Gasteiger partial charge in [0, 0.05) is 5.56 Å². The van der Waals surface area contributed by atoms with Gasteiger partial charge in [0.25, 0.3) is 5.24 Å². The van der Waals surface area contributed by atoms with Crippen LogP contribution in [-0.4, -0.2) is 22.6 Å². The second kappa shape index (κ2) is 7.73. The molecule has 0 aromatic heterocycles. The normalized spacial score (nSPS) is 21.7. The van der Waals surface area contributed by atoms with Gasteiger partial charge < -0.3 is 0 Å². The lowest BCUT2D eigenvalue weighted by molar-refractivity contribution is 0.108. The molecule has 126 valence electrons. The van der Waals surface area contributed by atoms with E-state index in [0.29, 0.717) is 16.2 Å². The van der Waals surface area contributed by atoms with Crippen LogP contribution in [0.2, 0.25) is 0 Å². The number of benzene rings is 1. The zero-order chi connectivity index (χ0) is 17.0. The molecule has 23 heavy (non-hydrogen) atoms. The van der Waals surface area contributed by atoms with Crippen LogP contribution in [0.3, 0.4) is 0 Å². The molecule has 1 aliphatic carbocycles. The zero-order valence-electron chi connectivity index (χ0n) is 12.8. The average molecular weight is 375 g/mol. The van der Waals surface area contributed by atoms with E-state index in [0.717, 1.165) is 32.1 Å². The zero-order valence-corrected chi connectivity index (χ0v) is 15.2. The van der Waals surface area contributed by atoms with Gasteiger partial charge in [-0.3, -0.25) is 4.79 Å². The van der Waals surface area contributed by atoms with Gasteiger partial charge in [0.15, 0.2) is 0 Å². The summed E-state index contributed by atoms with van der Waals surface area (Å²) in [6.45, 7) is 2.10. The predicted molar refractivity (Wildman–Crippen MR) is 93.0 cm³/mol. The molecule has 0 heterocycles. The van der Waals surface area contributed by atoms with Crippen LogP contribution in [0.1, 0.15) is 60.9 Å². The molecule has 0 aliphatic heterocycles. The lowest BCUT2D eigenvalue weighted by atomic mass is 9.74. The summed E-state index contributed by atoms with van der Waals surface area (Å²) in [5.41, 5.74) is 0.825. The number of carbonyl (C=O) groups excluding carboxylic acids is 1. The van der Waals surface area contributed by atoms with E-state index in [2.05, 4.69) is 6.92 Å². The van der Waals surface area contributed by atoms with Crippen LogP contribution in [0.25, 0.3) is 0 Å². The molecule has 1 aromatic rings. The van der Waals surface area contributed by atoms with Gasteiger partial charge in [-0.2, -0.15) is 0 Å². The highest BCUT2D eigenvalue weighted by Crippen LogP contribution is 2.42. The molecule has 0 amide bonds. The largest absolute Gasteiger partial charge is 0.276 e. The molecule has 4 nitrogen and oxygen atoms in total. The Labute approximate surface area is 145 Å². The first kappa shape index (κ1) is 18.4. The summed E-state index contributed by atoms with van der Waals surface area (Å²) in [6, 6.07) is 4.55. The molecule has 1 fully saturated rings. The topological polar surface area (TPSA) is 68.3 Å². The number of halogens is 1. The molecule has 1 saturated carbocycles. The van der Waals surface area contributed by atoms with Crippen LogP contribution in [0.5, 0.6) is 0 Å². The Balaban J connectivity index is 2.62. The maximum absolute atomic E-state index is 12.4. The second-order valence-corrected chi connectivity index (χ2v) is 8.66. The number of rotatable bonds is 5. The number of hydrogen-bond acceptors (Lipinski definition) is 4. The van der Waals surface area contributed by atoms with E-state index in [1.165, 1.54) is 6.07 Å². The fraction of sp³-hybridized carbons (Fsp3) is 0.500. The molecule has 0 spiro atoms. The molecule has 2 atom stereocenters. The summed E-state index contributed by atoms with van der Waals surface area (Å²) in [7, 11) is -3.86. The fourth-order valence-electron chi connectivity index (χ4n) is 3.42. The van der Waals surface area contributed by atoms with E-state index >= 15 is 0 Å². The summed E-state index contributed by atoms with van der Waals surface area (Å²) < 4.78 is 36.3. The van der Waals surface area contributed by atoms with E-state index in [-0.39, 0.29) is 27.6 Å². The van der Waals surface area contributed by atoms with Crippen LogP contribution in [0.4, 0.5) is 0 Å². The molecule has 2 unspecified atom stereocenters. The van der Waals surface area contributed by atoms with Crippen molar-refractivity contribution in [2.75, 3.05) is 0 Å². The lowest BCUT2D eigenvalue weighted by Crippen LogP contribution is -2.20. The van der Waals surface area contributed by atoms with Crippen LogP contribution < -0.4 is 0 Å². The van der Waals surface area contributed by atoms with Gasteiger partial charge in [-0.05, 0) is 54.0 Å². The van der Waals surface area contributed by atoms with E-state index in [1.807, 2.05) is 0 Å². The highest BCUT2D eigenvalue weighted by atomic mass is 35.5. The van der Waals surface area contributed by atoms with Gasteiger partial charge in [-0.25, -0.2) is 12.6 Å². The van der Waals surface area contributed by atoms with E-state index in [9.17, 15) is 17.4 Å². The number of sulfone groups is 1. The average Bonchev–Trinajstić information content (AvgIpc) is 2.54. The van der Waals surface area contributed by atoms with Gasteiger partial charge in [-0.1, -0.05) is 32.3 Å². The summed E-state index contributed by atoms with van der Waals surface area (Å²) >= 11 is 5.38. The third-order valence-corrected chi connectivity index (χ3v) is 7.06. The van der Waals surface area contributed by atoms with Crippen molar-refractivity contribution in [3.05, 3.63) is 29.3 Å². The molecule has 1 aromatic carbocycles. The van der Waals surface area contributed by atoms with Crippen molar-refractivity contribution in [1.82, 2.24) is 0 Å². The van der Waals surface area contributed by atoms with E-state index in [1.54, 1.807) is 12.1 Å². The first-order valence-electron chi connectivity index (χ1n) is 7.61. The quantitative estimate of drug-likeness (QED) is 0.584. The summed E-state index contributed by atoms with van der Waals surface area (Å²) in [4.78, 5) is 11.4. The predicted octanol–water partition coefficient (Wildman–Crippen LogP) is 3.50. The highest BCUT2D eigenvalue weighted by molar-refractivity contribution is 8.12. The van der Waals surface area contributed by atoms with Crippen molar-refractivity contribution < 1.29 is 17.4 Å². The minimum atomic E-state index is -3.86. The first-order valence-corrected chi connectivity index (χ1v) is 10.3. The smallest absolute Gasteiger partial charge is 0.252 e. The Morgan fingerprint density at radius 3 is 2.65 bits per heavy atom. The highest BCUT2D eigenvalue weighted by Gasteiger charge is 2.30. The van der Waals surface area contributed by atoms with Gasteiger partial charge >= 0.3 is 0 Å². The Morgan fingerprint density at radius 1 is 1.35 bits per heavy atom. The van der Waals surface area contributed by atoms with Gasteiger partial charge in [0.2, 0.25) is 9.84 Å². The van der Waals surface area contributed by atoms with Crippen LogP contribution in [0.15, 0.2) is 23.1 Å². The van der Waals surface area contributed by atoms with Crippen molar-refractivity contribution in [2.24, 2.45) is 5.92 Å². The molecule has 1 aliphatic rings. The SMILES string of the molecule is CCC1CCCCC1c1ccc(C(=O)Cl)cc1S(=O)(=O)C=S=O. The van der Waals surface area contributed by atoms with Crippen molar-refractivity contribution in [3.63, 3.8) is 0 Å². The Hall–Kier alpha value is -0.980. The maximum atomic E-state index is 12.4. The van der Waals surface area contributed by atoms with Crippen LogP contribution >= 0.6 is 11.6 Å². The lowest BCUT2D eigenvalue weighted by Gasteiger charge is -2.32. The van der Waals surface area contributed by atoms with Crippen molar-refractivity contribution in [1.29, 1.82) is 0 Å². The van der Waals surface area contributed by atoms with E-state index < -0.39 is 15.1 Å². The monoisotopic (exact) mass is 374 g/mol. The summed E-state index contributed by atoms with van der Waals surface area (Å²) in [5, 5.41) is -0.710. The second-order valence-electron chi connectivity index (χ2n) is 5.82. The van der Waals surface area contributed by atoms with Gasteiger partial charge in [0.1, 0.15) is 16.0 Å². The van der Waals surface area contributed by atoms with Crippen LogP contribution in [0, 0.1) is 5.92 Å². The molecular formula is C16H19ClO4S2. The fourth-order valence-corrected chi connectivity index (χ4v) is 5.20. The molecule has 0 saturated heterocycles. The minimum absolute atomic E-state index is 0.0395. The molecule has 0 radical (unpaired) electrons. The number of hydrogen-bond donors (Lipinski definition) is 0. The van der Waals surface area contributed by atoms with Crippen molar-refractivity contribution >= 4 is 42.6 Å². The Kier molecular flexibility index (Phi) is 6.17. The standard InChI is InChI=1S/C16H19ClO4S2/c1-2-11-5-3-4-6-13(11)14-8-7-12(16(17)18)9-15(14)23(20,21)10-22-19/h7-11,13H,2-6H2,1H3. The summed E-state index contributed by atoms with van der Waals surface area (Å²) in [5.74, 6) is 0.540. The Morgan fingerprint density at radius 2 is 2.04 bits per heavy atom. The first-order chi connectivity index (χ1) is 10.9. The van der Waals surface area contributed by atoms with Gasteiger partial charge in [-0.15, -0.1) is 0 Å². The van der Waals surface area contributed by atoms with Crippen LogP contribution in [-0.2, 0) is 21.1 Å². The summed E-state index contributed by atoms with van der Waals surface area (Å²) in [6.07, 6.45) is 5.16. The van der Waals surface area contributed by atoms with Crippen molar-refractivity contribution in [3.8, 4) is 0 Å². The molecule has 0 bridgehead atoms. The minimum Gasteiger partial charge on any atom is -0.276 e.